The number of rotatable bonds is 12. The van der Waals surface area contributed by atoms with Crippen molar-refractivity contribution in [2.45, 2.75) is 50.9 Å². The first-order chi connectivity index (χ1) is 25.0. The summed E-state index contributed by atoms with van der Waals surface area (Å²) in [5.74, 6) is -2.76. The van der Waals surface area contributed by atoms with Crippen LogP contribution in [0.2, 0.25) is 0 Å². The number of aromatic nitrogens is 2. The Kier molecular flexibility index (Phi) is 13.4. The molecule has 4 aromatic carbocycles. The number of halogens is 4. The molecule has 0 amide bonds. The summed E-state index contributed by atoms with van der Waals surface area (Å²) in [6.07, 6.45) is 3.45. The van der Waals surface area contributed by atoms with Crippen LogP contribution in [-0.2, 0) is 25.7 Å². The van der Waals surface area contributed by atoms with Gasteiger partial charge in [0.15, 0.2) is 0 Å². The van der Waals surface area contributed by atoms with Crippen LogP contribution in [0.4, 0.5) is 17.6 Å². The van der Waals surface area contributed by atoms with E-state index in [-0.39, 0.29) is 12.3 Å². The van der Waals surface area contributed by atoms with Gasteiger partial charge in [-0.25, -0.2) is 17.6 Å². The number of benzene rings is 4. The first kappa shape index (κ1) is 38.0. The molecule has 0 bridgehead atoms. The van der Waals surface area contributed by atoms with Gasteiger partial charge in [0.2, 0.25) is 0 Å². The van der Waals surface area contributed by atoms with Crippen LogP contribution in [0, 0.1) is 29.2 Å². The summed E-state index contributed by atoms with van der Waals surface area (Å²) < 4.78 is 53.3. The Morgan fingerprint density at radius 3 is 1.35 bits per heavy atom. The largest absolute Gasteiger partial charge is 0.387 e. The van der Waals surface area contributed by atoms with Crippen LogP contribution < -0.4 is 5.73 Å². The molecular formula is C43H41F4N3O2. The lowest BCUT2D eigenvalue weighted by molar-refractivity contribution is 0.113. The molecule has 4 atom stereocenters. The lowest BCUT2D eigenvalue weighted by Crippen LogP contribution is -2.31. The zero-order valence-electron chi connectivity index (χ0n) is 28.7. The fourth-order valence-corrected chi connectivity index (χ4v) is 6.03. The van der Waals surface area contributed by atoms with Gasteiger partial charge in [0.25, 0.3) is 0 Å². The molecule has 0 aliphatic carbocycles. The van der Waals surface area contributed by atoms with E-state index in [0.29, 0.717) is 35.4 Å². The van der Waals surface area contributed by atoms with Gasteiger partial charge in [-0.1, -0.05) is 67.6 Å². The van der Waals surface area contributed by atoms with Crippen LogP contribution >= 0.6 is 0 Å². The van der Waals surface area contributed by atoms with Crippen molar-refractivity contribution in [2.75, 3.05) is 0 Å². The Morgan fingerprint density at radius 1 is 0.500 bits per heavy atom. The minimum atomic E-state index is -1.03. The monoisotopic (exact) mass is 707 g/mol. The van der Waals surface area contributed by atoms with E-state index in [9.17, 15) is 27.8 Å². The van der Waals surface area contributed by atoms with Crippen LogP contribution in [-0.4, -0.2) is 26.2 Å². The Balaban J connectivity index is 0.000000201. The van der Waals surface area contributed by atoms with E-state index < -0.39 is 41.5 Å². The van der Waals surface area contributed by atoms with E-state index in [1.165, 1.54) is 29.8 Å². The van der Waals surface area contributed by atoms with Gasteiger partial charge in [0, 0.05) is 30.6 Å². The summed E-state index contributed by atoms with van der Waals surface area (Å²) in [6, 6.07) is 33.5. The average molecular weight is 708 g/mol. The quantitative estimate of drug-likeness (QED) is 0.111. The third kappa shape index (κ3) is 11.4. The Morgan fingerprint density at radius 2 is 0.904 bits per heavy atom. The maximum atomic E-state index is 13.3. The number of nitrogens with zero attached hydrogens (tertiary/aromatic N) is 2. The maximum absolute atomic E-state index is 13.3. The standard InChI is InChI=1S/C22H21F2NO.C21H20F2N2O/c1-15(9-18-11-19(23)14-20(24)12-18)22(26)21-13-17(7-8-25-21)10-16-5-3-2-4-6-16;22-17-9-16(10-18(23)13-17)11-19(24)21(26)20-12-15(6-7-25-20)8-14-4-2-1-3-5-14/h2-8,11-15,22,26H,9-10H2,1H3;1-7,9-10,12-13,19,21,26H,8,11,24H2/t15-,22-;19-,21-/m00/s1. The molecule has 2 heterocycles. The van der Waals surface area contributed by atoms with Crippen LogP contribution in [0.25, 0.3) is 0 Å². The fourth-order valence-electron chi connectivity index (χ4n) is 6.03. The highest BCUT2D eigenvalue weighted by atomic mass is 19.1. The topological polar surface area (TPSA) is 92.3 Å². The van der Waals surface area contributed by atoms with Crippen molar-refractivity contribution in [1.82, 2.24) is 9.97 Å². The molecule has 6 rings (SSSR count). The molecule has 2 aromatic heterocycles. The molecule has 0 saturated heterocycles. The number of hydrogen-bond donors (Lipinski definition) is 3. The second kappa shape index (κ2) is 18.3. The van der Waals surface area contributed by atoms with Gasteiger partial charge < -0.3 is 15.9 Å². The highest BCUT2D eigenvalue weighted by Gasteiger charge is 2.21. The van der Waals surface area contributed by atoms with Gasteiger partial charge in [-0.05, 0) is 114 Å². The summed E-state index contributed by atoms with van der Waals surface area (Å²) in [5.41, 5.74) is 12.4. The zero-order chi connectivity index (χ0) is 37.0. The van der Waals surface area contributed by atoms with Gasteiger partial charge in [-0.2, -0.15) is 0 Å². The number of nitrogens with two attached hydrogens (primary N) is 1. The molecule has 0 aliphatic heterocycles. The number of aliphatic hydroxyl groups excluding tert-OH is 2. The molecule has 0 unspecified atom stereocenters. The molecule has 0 radical (unpaired) electrons. The van der Waals surface area contributed by atoms with Crippen LogP contribution in [0.15, 0.2) is 134 Å². The van der Waals surface area contributed by atoms with Gasteiger partial charge >= 0.3 is 0 Å². The van der Waals surface area contributed by atoms with Gasteiger partial charge in [-0.15, -0.1) is 0 Å². The van der Waals surface area contributed by atoms with E-state index in [4.69, 9.17) is 5.73 Å². The predicted octanol–water partition coefficient (Wildman–Crippen LogP) is 8.42. The summed E-state index contributed by atoms with van der Waals surface area (Å²) in [7, 11) is 0. The maximum Gasteiger partial charge on any atom is 0.126 e. The highest BCUT2D eigenvalue weighted by Crippen LogP contribution is 2.26. The van der Waals surface area contributed by atoms with E-state index in [1.54, 1.807) is 12.4 Å². The van der Waals surface area contributed by atoms with Gasteiger partial charge in [0.05, 0.1) is 17.5 Å². The molecule has 52 heavy (non-hydrogen) atoms. The van der Waals surface area contributed by atoms with Crippen LogP contribution in [0.3, 0.4) is 0 Å². The Hall–Kier alpha value is -5.22. The van der Waals surface area contributed by atoms with Crippen LogP contribution in [0.5, 0.6) is 0 Å². The normalized spacial score (nSPS) is 13.4. The molecule has 0 fully saturated rings. The first-order valence-electron chi connectivity index (χ1n) is 17.0. The average Bonchev–Trinajstić information content (AvgIpc) is 3.11. The van der Waals surface area contributed by atoms with Crippen molar-refractivity contribution < 1.29 is 27.8 Å². The number of aliphatic hydroxyl groups is 2. The third-order valence-corrected chi connectivity index (χ3v) is 8.62. The van der Waals surface area contributed by atoms with E-state index in [1.807, 2.05) is 79.7 Å². The second-order valence-corrected chi connectivity index (χ2v) is 13.0. The lowest BCUT2D eigenvalue weighted by atomic mass is 9.92. The molecule has 0 aliphatic rings. The SMILES string of the molecule is C[C@@H](Cc1cc(F)cc(F)c1)[C@H](O)c1cc(Cc2ccccc2)ccn1.N[C@@H](Cc1cc(F)cc(F)c1)[C@H](O)c1cc(Cc2ccccc2)ccn1. The van der Waals surface area contributed by atoms with Crippen LogP contribution in [0.1, 0.15) is 63.9 Å². The van der Waals surface area contributed by atoms with Crippen molar-refractivity contribution in [2.24, 2.45) is 11.7 Å². The lowest BCUT2D eigenvalue weighted by Gasteiger charge is -2.19. The van der Waals surface area contributed by atoms with Crippen molar-refractivity contribution in [3.05, 3.63) is 202 Å². The summed E-state index contributed by atoms with van der Waals surface area (Å²) in [6.45, 7) is 1.85. The van der Waals surface area contributed by atoms with E-state index >= 15 is 0 Å². The molecule has 0 saturated carbocycles. The summed E-state index contributed by atoms with van der Waals surface area (Å²) >= 11 is 0. The summed E-state index contributed by atoms with van der Waals surface area (Å²) in [5, 5.41) is 21.1. The van der Waals surface area contributed by atoms with E-state index in [0.717, 1.165) is 35.2 Å². The molecule has 6 aromatic rings. The van der Waals surface area contributed by atoms with E-state index in [2.05, 4.69) is 22.1 Å². The molecular weight excluding hydrogens is 666 g/mol. The smallest absolute Gasteiger partial charge is 0.126 e. The Bertz CT molecular complexity index is 1840. The zero-order valence-corrected chi connectivity index (χ0v) is 28.7. The molecule has 268 valence electrons. The predicted molar refractivity (Wildman–Crippen MR) is 194 cm³/mol. The molecule has 4 N–H and O–H groups in total. The Labute approximate surface area is 301 Å². The van der Waals surface area contributed by atoms with Crippen molar-refractivity contribution >= 4 is 0 Å². The minimum Gasteiger partial charge on any atom is -0.387 e. The van der Waals surface area contributed by atoms with Crippen molar-refractivity contribution in [1.29, 1.82) is 0 Å². The molecule has 5 nitrogen and oxygen atoms in total. The summed E-state index contributed by atoms with van der Waals surface area (Å²) in [4.78, 5) is 8.48. The van der Waals surface area contributed by atoms with Crippen molar-refractivity contribution in [3.8, 4) is 0 Å². The van der Waals surface area contributed by atoms with Gasteiger partial charge in [-0.3, -0.25) is 9.97 Å². The third-order valence-electron chi connectivity index (χ3n) is 8.62. The number of hydrogen-bond acceptors (Lipinski definition) is 5. The van der Waals surface area contributed by atoms with Crippen molar-refractivity contribution in [3.63, 3.8) is 0 Å². The fraction of sp³-hybridized carbons (Fsp3) is 0.209. The molecule has 9 heteroatoms. The molecule has 0 spiro atoms. The second-order valence-electron chi connectivity index (χ2n) is 13.0. The first-order valence-corrected chi connectivity index (χ1v) is 17.0. The van der Waals surface area contributed by atoms with Gasteiger partial charge in [0.1, 0.15) is 29.4 Å². The highest BCUT2D eigenvalue weighted by molar-refractivity contribution is 5.29. The number of pyridine rings is 2. The minimum absolute atomic E-state index is 0.139.